The quantitative estimate of drug-likeness (QED) is 0.666. The third-order valence-electron chi connectivity index (χ3n) is 1.92. The van der Waals surface area contributed by atoms with Gasteiger partial charge >= 0.3 is 0 Å². The molecular formula is C10H8BrN. The summed E-state index contributed by atoms with van der Waals surface area (Å²) < 4.78 is 1.08. The number of benzene rings is 1. The summed E-state index contributed by atoms with van der Waals surface area (Å²) in [5.74, 6) is 0. The molecule has 1 nitrogen and oxygen atoms in total. The monoisotopic (exact) mass is 221 g/mol. The molecule has 0 unspecified atom stereocenters. The molecule has 2 rings (SSSR count). The van der Waals surface area contributed by atoms with Crippen LogP contribution in [0.1, 0.15) is 5.56 Å². The van der Waals surface area contributed by atoms with E-state index >= 15 is 0 Å². The Hall–Kier alpha value is -0.890. The normalized spacial score (nSPS) is 10.5. The summed E-state index contributed by atoms with van der Waals surface area (Å²) in [6.45, 7) is 2.10. The molecule has 1 aromatic carbocycles. The van der Waals surface area contributed by atoms with E-state index in [1.807, 2.05) is 24.4 Å². The molecule has 0 fully saturated rings. The largest absolute Gasteiger partial charge is 0.256 e. The van der Waals surface area contributed by atoms with Crippen molar-refractivity contribution in [1.29, 1.82) is 0 Å². The highest BCUT2D eigenvalue weighted by atomic mass is 79.9. The number of hydrogen-bond donors (Lipinski definition) is 0. The van der Waals surface area contributed by atoms with Crippen molar-refractivity contribution in [3.8, 4) is 0 Å². The van der Waals surface area contributed by atoms with Gasteiger partial charge in [-0.2, -0.15) is 0 Å². The second kappa shape index (κ2) is 2.87. The molecule has 0 N–H and O–H groups in total. The summed E-state index contributed by atoms with van der Waals surface area (Å²) >= 11 is 3.42. The lowest BCUT2D eigenvalue weighted by Crippen LogP contribution is -1.81. The SMILES string of the molecule is Cc1ccnc2cc(Br)ccc12. The lowest BCUT2D eigenvalue weighted by Gasteiger charge is -2.00. The van der Waals surface area contributed by atoms with Crippen LogP contribution < -0.4 is 0 Å². The molecule has 0 saturated heterocycles. The number of fused-ring (bicyclic) bond motifs is 1. The number of hydrogen-bond acceptors (Lipinski definition) is 1. The third kappa shape index (κ3) is 1.23. The zero-order valence-corrected chi connectivity index (χ0v) is 8.30. The molecule has 0 aliphatic heterocycles. The van der Waals surface area contributed by atoms with E-state index in [9.17, 15) is 0 Å². The smallest absolute Gasteiger partial charge is 0.0715 e. The zero-order valence-electron chi connectivity index (χ0n) is 6.71. The van der Waals surface area contributed by atoms with E-state index in [0.29, 0.717) is 0 Å². The molecule has 0 saturated carbocycles. The maximum absolute atomic E-state index is 4.27. The van der Waals surface area contributed by atoms with E-state index in [4.69, 9.17) is 0 Å². The average Bonchev–Trinajstić information content (AvgIpc) is 2.04. The van der Waals surface area contributed by atoms with Gasteiger partial charge < -0.3 is 0 Å². The second-order valence-electron chi connectivity index (χ2n) is 2.79. The van der Waals surface area contributed by atoms with Crippen molar-refractivity contribution < 1.29 is 0 Å². The number of halogens is 1. The van der Waals surface area contributed by atoms with E-state index in [-0.39, 0.29) is 0 Å². The average molecular weight is 222 g/mol. The zero-order chi connectivity index (χ0) is 8.55. The van der Waals surface area contributed by atoms with Crippen LogP contribution in [0.2, 0.25) is 0 Å². The maximum Gasteiger partial charge on any atom is 0.0715 e. The van der Waals surface area contributed by atoms with Crippen LogP contribution >= 0.6 is 15.9 Å². The fourth-order valence-electron chi connectivity index (χ4n) is 1.26. The van der Waals surface area contributed by atoms with Gasteiger partial charge in [0.05, 0.1) is 5.52 Å². The van der Waals surface area contributed by atoms with Crippen LogP contribution in [0.15, 0.2) is 34.9 Å². The minimum atomic E-state index is 1.05. The van der Waals surface area contributed by atoms with Gasteiger partial charge in [0.15, 0.2) is 0 Å². The Morgan fingerprint density at radius 2 is 2.08 bits per heavy atom. The van der Waals surface area contributed by atoms with Gasteiger partial charge in [0, 0.05) is 16.1 Å². The minimum absolute atomic E-state index is 1.05. The maximum atomic E-state index is 4.27. The summed E-state index contributed by atoms with van der Waals surface area (Å²) in [7, 11) is 0. The van der Waals surface area contributed by atoms with Crippen LogP contribution in [0.3, 0.4) is 0 Å². The molecule has 0 aliphatic rings. The molecule has 0 spiro atoms. The first-order valence-electron chi connectivity index (χ1n) is 3.78. The predicted molar refractivity (Wildman–Crippen MR) is 54.2 cm³/mol. The van der Waals surface area contributed by atoms with Crippen LogP contribution in [0.4, 0.5) is 0 Å². The Kier molecular flexibility index (Phi) is 1.85. The fourth-order valence-corrected chi connectivity index (χ4v) is 1.61. The molecule has 0 aliphatic carbocycles. The summed E-state index contributed by atoms with van der Waals surface area (Å²) in [5.41, 5.74) is 2.32. The van der Waals surface area contributed by atoms with Crippen LogP contribution in [-0.2, 0) is 0 Å². The molecule has 2 aromatic rings. The van der Waals surface area contributed by atoms with Gasteiger partial charge in [0.2, 0.25) is 0 Å². The van der Waals surface area contributed by atoms with E-state index in [2.05, 4.69) is 33.9 Å². The molecule has 0 amide bonds. The Morgan fingerprint density at radius 1 is 1.25 bits per heavy atom. The van der Waals surface area contributed by atoms with E-state index in [0.717, 1.165) is 9.99 Å². The first kappa shape index (κ1) is 7.74. The van der Waals surface area contributed by atoms with Gasteiger partial charge in [0.25, 0.3) is 0 Å². The van der Waals surface area contributed by atoms with E-state index in [1.165, 1.54) is 10.9 Å². The van der Waals surface area contributed by atoms with Crippen LogP contribution in [0.25, 0.3) is 10.9 Å². The van der Waals surface area contributed by atoms with Crippen LogP contribution in [0.5, 0.6) is 0 Å². The first-order chi connectivity index (χ1) is 5.77. The standard InChI is InChI=1S/C10H8BrN/c1-7-4-5-12-10-6-8(11)2-3-9(7)10/h2-6H,1H3. The minimum Gasteiger partial charge on any atom is -0.256 e. The van der Waals surface area contributed by atoms with Gasteiger partial charge in [-0.1, -0.05) is 22.0 Å². The van der Waals surface area contributed by atoms with Gasteiger partial charge in [-0.05, 0) is 30.7 Å². The van der Waals surface area contributed by atoms with Crippen LogP contribution in [0, 0.1) is 6.92 Å². The summed E-state index contributed by atoms with van der Waals surface area (Å²) in [4.78, 5) is 4.27. The second-order valence-corrected chi connectivity index (χ2v) is 3.70. The van der Waals surface area contributed by atoms with Gasteiger partial charge in [-0.15, -0.1) is 0 Å². The van der Waals surface area contributed by atoms with Crippen molar-refractivity contribution in [2.24, 2.45) is 0 Å². The molecule has 2 heteroatoms. The molecule has 12 heavy (non-hydrogen) atoms. The highest BCUT2D eigenvalue weighted by Gasteiger charge is 1.96. The first-order valence-corrected chi connectivity index (χ1v) is 4.57. The predicted octanol–water partition coefficient (Wildman–Crippen LogP) is 3.31. The van der Waals surface area contributed by atoms with Crippen molar-refractivity contribution >= 4 is 26.8 Å². The summed E-state index contributed by atoms with van der Waals surface area (Å²) in [6, 6.07) is 8.18. The molecule has 0 bridgehead atoms. The Balaban J connectivity index is 2.86. The van der Waals surface area contributed by atoms with Crippen molar-refractivity contribution in [3.05, 3.63) is 40.5 Å². The number of rotatable bonds is 0. The Labute approximate surface area is 79.6 Å². The highest BCUT2D eigenvalue weighted by molar-refractivity contribution is 9.10. The number of aryl methyl sites for hydroxylation is 1. The summed E-state index contributed by atoms with van der Waals surface area (Å²) in [5, 5.41) is 1.22. The highest BCUT2D eigenvalue weighted by Crippen LogP contribution is 2.19. The van der Waals surface area contributed by atoms with E-state index < -0.39 is 0 Å². The van der Waals surface area contributed by atoms with Gasteiger partial charge in [-0.3, -0.25) is 4.98 Å². The van der Waals surface area contributed by atoms with Crippen molar-refractivity contribution in [2.75, 3.05) is 0 Å². The molecule has 0 atom stereocenters. The van der Waals surface area contributed by atoms with Crippen molar-refractivity contribution in [2.45, 2.75) is 6.92 Å². The third-order valence-corrected chi connectivity index (χ3v) is 2.42. The molecule has 60 valence electrons. The lowest BCUT2D eigenvalue weighted by atomic mass is 10.1. The van der Waals surface area contributed by atoms with Gasteiger partial charge in [0.1, 0.15) is 0 Å². The van der Waals surface area contributed by atoms with E-state index in [1.54, 1.807) is 0 Å². The number of aromatic nitrogens is 1. The fraction of sp³-hybridized carbons (Fsp3) is 0.100. The molecule has 1 aromatic heterocycles. The Morgan fingerprint density at radius 3 is 2.92 bits per heavy atom. The van der Waals surface area contributed by atoms with Crippen molar-refractivity contribution in [3.63, 3.8) is 0 Å². The van der Waals surface area contributed by atoms with Crippen LogP contribution in [-0.4, -0.2) is 4.98 Å². The molecule has 0 radical (unpaired) electrons. The number of nitrogens with zero attached hydrogens (tertiary/aromatic N) is 1. The molecule has 1 heterocycles. The lowest BCUT2D eigenvalue weighted by molar-refractivity contribution is 1.36. The summed E-state index contributed by atoms with van der Waals surface area (Å²) in [6.07, 6.45) is 1.84. The number of pyridine rings is 1. The van der Waals surface area contributed by atoms with Crippen molar-refractivity contribution in [1.82, 2.24) is 4.98 Å². The van der Waals surface area contributed by atoms with Gasteiger partial charge in [-0.25, -0.2) is 0 Å². The molecular weight excluding hydrogens is 214 g/mol. The Bertz CT molecular complexity index is 423. The topological polar surface area (TPSA) is 12.9 Å².